The van der Waals surface area contributed by atoms with Gasteiger partial charge in [0.2, 0.25) is 0 Å². The van der Waals surface area contributed by atoms with Gasteiger partial charge in [0.1, 0.15) is 0 Å². The van der Waals surface area contributed by atoms with Crippen molar-refractivity contribution in [2.45, 2.75) is 0 Å². The summed E-state index contributed by atoms with van der Waals surface area (Å²) in [6.07, 6.45) is 0.254. The molecule has 0 aromatic carbocycles. The summed E-state index contributed by atoms with van der Waals surface area (Å²) in [7, 11) is -9.99. The number of hydrogen-bond acceptors (Lipinski definition) is 4. The van der Waals surface area contributed by atoms with Crippen molar-refractivity contribution in [2.24, 2.45) is 0 Å². The topological polar surface area (TPSA) is 149 Å². The minimum atomic E-state index is -5.00. The molecular formula is C4H6O8P2. The van der Waals surface area contributed by atoms with Gasteiger partial charge in [0.15, 0.2) is 0 Å². The van der Waals surface area contributed by atoms with E-state index >= 15 is 0 Å². The number of carbonyl (C=O) groups excluding carboxylic acids is 2. The van der Waals surface area contributed by atoms with Gasteiger partial charge in [-0.05, 0) is 12.2 Å². The molecule has 0 unspecified atom stereocenters. The first-order chi connectivity index (χ1) is 6.05. The Kier molecular flexibility index (Phi) is 4.08. The third-order valence-corrected chi connectivity index (χ3v) is 2.39. The molecule has 0 aromatic heterocycles. The number of carbonyl (C=O) groups is 2. The van der Waals surface area contributed by atoms with Crippen LogP contribution in [0.15, 0.2) is 12.2 Å². The fourth-order valence-electron chi connectivity index (χ4n) is 0.337. The van der Waals surface area contributed by atoms with Crippen molar-refractivity contribution in [3.05, 3.63) is 12.2 Å². The van der Waals surface area contributed by atoms with Crippen LogP contribution in [0, 0.1) is 0 Å². The Morgan fingerprint density at radius 1 is 0.786 bits per heavy atom. The molecule has 0 amide bonds. The van der Waals surface area contributed by atoms with Crippen molar-refractivity contribution in [3.63, 3.8) is 0 Å². The summed E-state index contributed by atoms with van der Waals surface area (Å²) in [5, 5.41) is 0. The first-order valence-electron chi connectivity index (χ1n) is 2.93. The van der Waals surface area contributed by atoms with E-state index in [1.165, 1.54) is 0 Å². The molecule has 0 aliphatic carbocycles. The van der Waals surface area contributed by atoms with Crippen LogP contribution in [0.2, 0.25) is 0 Å². The van der Waals surface area contributed by atoms with E-state index < -0.39 is 26.2 Å². The highest BCUT2D eigenvalue weighted by Crippen LogP contribution is 2.38. The van der Waals surface area contributed by atoms with Gasteiger partial charge in [-0.2, -0.15) is 0 Å². The predicted molar refractivity (Wildman–Crippen MR) is 43.2 cm³/mol. The van der Waals surface area contributed by atoms with Gasteiger partial charge in [0, 0.05) is 0 Å². The average Bonchev–Trinajstić information content (AvgIpc) is 1.95. The summed E-state index contributed by atoms with van der Waals surface area (Å²) in [5.74, 6) is 0. The highest BCUT2D eigenvalue weighted by atomic mass is 31.2. The first-order valence-corrected chi connectivity index (χ1v) is 6.16. The predicted octanol–water partition coefficient (Wildman–Crippen LogP) is -1.05. The smallest absolute Gasteiger partial charge is 0.319 e. The molecule has 0 atom stereocenters. The van der Waals surface area contributed by atoms with E-state index in [0.29, 0.717) is 0 Å². The van der Waals surface area contributed by atoms with E-state index in [0.717, 1.165) is 0 Å². The Bertz CT molecular complexity index is 333. The van der Waals surface area contributed by atoms with E-state index in [9.17, 15) is 18.7 Å². The second-order valence-corrected chi connectivity index (χ2v) is 5.16. The summed E-state index contributed by atoms with van der Waals surface area (Å²) in [4.78, 5) is 53.7. The van der Waals surface area contributed by atoms with Crippen molar-refractivity contribution in [1.29, 1.82) is 0 Å². The van der Waals surface area contributed by atoms with Crippen LogP contribution in [0.25, 0.3) is 0 Å². The van der Waals surface area contributed by atoms with Crippen LogP contribution >= 0.6 is 15.2 Å². The summed E-state index contributed by atoms with van der Waals surface area (Å²) in [5.41, 5.74) is -3.39. The Balaban J connectivity index is 4.66. The minimum absolute atomic E-state index is 0.127. The number of rotatable bonds is 4. The zero-order valence-corrected chi connectivity index (χ0v) is 8.26. The van der Waals surface area contributed by atoms with Gasteiger partial charge in [-0.3, -0.25) is 18.7 Å². The lowest BCUT2D eigenvalue weighted by Gasteiger charge is -1.97. The lowest BCUT2D eigenvalue weighted by molar-refractivity contribution is -0.111. The van der Waals surface area contributed by atoms with Crippen molar-refractivity contribution in [2.75, 3.05) is 0 Å². The van der Waals surface area contributed by atoms with Gasteiger partial charge in [0.25, 0.3) is 11.0 Å². The van der Waals surface area contributed by atoms with E-state index in [4.69, 9.17) is 19.6 Å². The normalized spacial score (nSPS) is 13.1. The van der Waals surface area contributed by atoms with Crippen molar-refractivity contribution in [3.8, 4) is 0 Å². The van der Waals surface area contributed by atoms with Crippen LogP contribution in [0.3, 0.4) is 0 Å². The maximum absolute atomic E-state index is 10.4. The van der Waals surface area contributed by atoms with Crippen LogP contribution in [0.5, 0.6) is 0 Å². The molecule has 0 saturated carbocycles. The zero-order chi connectivity index (χ0) is 11.6. The van der Waals surface area contributed by atoms with E-state index in [1.807, 2.05) is 0 Å². The van der Waals surface area contributed by atoms with Crippen molar-refractivity contribution in [1.82, 2.24) is 0 Å². The van der Waals surface area contributed by atoms with Crippen molar-refractivity contribution < 1.29 is 38.3 Å². The second kappa shape index (κ2) is 4.27. The van der Waals surface area contributed by atoms with Gasteiger partial charge >= 0.3 is 15.2 Å². The number of allylic oxidation sites excluding steroid dienone is 2. The standard InChI is InChI=1S/C4H6O8P2/c5-3(13(7,8)9)1-2-4(6)14(10,11)12/h1-2H,(H2,7,8,9)(H2,10,11,12)/b2-1-. The van der Waals surface area contributed by atoms with Crippen LogP contribution < -0.4 is 0 Å². The van der Waals surface area contributed by atoms with Gasteiger partial charge in [-0.15, -0.1) is 0 Å². The molecule has 10 heteroatoms. The average molecular weight is 244 g/mol. The lowest BCUT2D eigenvalue weighted by atomic mass is 10.5. The maximum Gasteiger partial charge on any atom is 0.395 e. The highest BCUT2D eigenvalue weighted by molar-refractivity contribution is 7.71. The van der Waals surface area contributed by atoms with Gasteiger partial charge in [-0.1, -0.05) is 0 Å². The summed E-state index contributed by atoms with van der Waals surface area (Å²) in [6, 6.07) is 0. The molecule has 0 aliphatic heterocycles. The van der Waals surface area contributed by atoms with Crippen molar-refractivity contribution >= 4 is 26.2 Å². The Morgan fingerprint density at radius 2 is 1.00 bits per heavy atom. The van der Waals surface area contributed by atoms with E-state index in [2.05, 4.69) is 0 Å². The van der Waals surface area contributed by atoms with Crippen LogP contribution in [0.1, 0.15) is 0 Å². The molecular weight excluding hydrogens is 238 g/mol. The van der Waals surface area contributed by atoms with Gasteiger partial charge in [0.05, 0.1) is 0 Å². The highest BCUT2D eigenvalue weighted by Gasteiger charge is 2.26. The number of hydrogen-bond donors (Lipinski definition) is 4. The molecule has 0 fully saturated rings. The van der Waals surface area contributed by atoms with Crippen LogP contribution in [-0.2, 0) is 18.7 Å². The van der Waals surface area contributed by atoms with E-state index in [1.54, 1.807) is 0 Å². The molecule has 0 spiro atoms. The fourth-order valence-corrected chi connectivity index (χ4v) is 0.874. The minimum Gasteiger partial charge on any atom is -0.319 e. The SMILES string of the molecule is O=C(/C=C\C(=O)P(=O)(O)O)P(=O)(O)O. The summed E-state index contributed by atoms with van der Waals surface area (Å²) < 4.78 is 20.4. The third kappa shape index (κ3) is 4.57. The summed E-state index contributed by atoms with van der Waals surface area (Å²) in [6.45, 7) is 0. The molecule has 0 bridgehead atoms. The Hall–Kier alpha value is -0.620. The fraction of sp³-hybridized carbons (Fsp3) is 0. The molecule has 0 aromatic rings. The van der Waals surface area contributed by atoms with Crippen LogP contribution in [-0.4, -0.2) is 30.6 Å². The molecule has 0 rings (SSSR count). The molecule has 14 heavy (non-hydrogen) atoms. The second-order valence-electron chi connectivity index (χ2n) is 2.10. The summed E-state index contributed by atoms with van der Waals surface area (Å²) >= 11 is 0. The first kappa shape index (κ1) is 13.4. The molecule has 8 nitrogen and oxygen atoms in total. The van der Waals surface area contributed by atoms with Gasteiger partial charge in [-0.25, -0.2) is 0 Å². The van der Waals surface area contributed by atoms with Gasteiger partial charge < -0.3 is 19.6 Å². The largest absolute Gasteiger partial charge is 0.395 e. The quantitative estimate of drug-likeness (QED) is 0.361. The maximum atomic E-state index is 10.4. The molecule has 0 heterocycles. The Morgan fingerprint density at radius 3 is 1.14 bits per heavy atom. The molecule has 0 radical (unpaired) electrons. The molecule has 0 saturated heterocycles. The third-order valence-electron chi connectivity index (χ3n) is 0.943. The van der Waals surface area contributed by atoms with Crippen LogP contribution in [0.4, 0.5) is 0 Å². The molecule has 80 valence electrons. The zero-order valence-electron chi connectivity index (χ0n) is 6.47. The Labute approximate surface area is 77.6 Å². The lowest BCUT2D eigenvalue weighted by Crippen LogP contribution is -1.98. The monoisotopic (exact) mass is 244 g/mol. The molecule has 0 aliphatic rings. The van der Waals surface area contributed by atoms with E-state index in [-0.39, 0.29) is 12.2 Å². The molecule has 4 N–H and O–H groups in total.